The second kappa shape index (κ2) is 7.58. The van der Waals surface area contributed by atoms with Gasteiger partial charge < -0.3 is 10.6 Å². The number of nitrogens with one attached hydrogen (secondary N) is 2. The third-order valence-electron chi connectivity index (χ3n) is 4.60. The van der Waals surface area contributed by atoms with Crippen molar-refractivity contribution < 1.29 is 18.0 Å². The Morgan fingerprint density at radius 3 is 2.42 bits per heavy atom. The van der Waals surface area contributed by atoms with Crippen LogP contribution in [0.4, 0.5) is 23.7 Å². The maximum absolute atomic E-state index is 13.3. The van der Waals surface area contributed by atoms with Crippen molar-refractivity contribution in [1.82, 2.24) is 5.32 Å². The Morgan fingerprint density at radius 2 is 1.73 bits per heavy atom. The van der Waals surface area contributed by atoms with Gasteiger partial charge in [0.2, 0.25) is 0 Å². The molecule has 0 saturated heterocycles. The van der Waals surface area contributed by atoms with E-state index in [0.29, 0.717) is 23.6 Å². The monoisotopic (exact) mass is 382 g/mol. The number of hydrogen-bond donors (Lipinski definition) is 2. The van der Waals surface area contributed by atoms with Gasteiger partial charge in [-0.1, -0.05) is 36.2 Å². The van der Waals surface area contributed by atoms with Crippen LogP contribution in [0.25, 0.3) is 0 Å². The van der Waals surface area contributed by atoms with Crippen LogP contribution in [0.15, 0.2) is 48.5 Å². The van der Waals surface area contributed by atoms with Crippen molar-refractivity contribution in [3.63, 3.8) is 0 Å². The highest BCUT2D eigenvalue weighted by Crippen LogP contribution is 2.41. The fourth-order valence-corrected chi connectivity index (χ4v) is 3.58. The molecule has 0 heterocycles. The number of urea groups is 1. The molecule has 1 aliphatic carbocycles. The predicted octanol–water partition coefficient (Wildman–Crippen LogP) is 5.82. The van der Waals surface area contributed by atoms with Gasteiger partial charge in [0.15, 0.2) is 0 Å². The molecule has 0 bridgehead atoms. The van der Waals surface area contributed by atoms with Crippen LogP contribution in [0.5, 0.6) is 0 Å². The number of amides is 2. The maximum atomic E-state index is 13.3. The summed E-state index contributed by atoms with van der Waals surface area (Å²) in [6, 6.07) is 11.4. The van der Waals surface area contributed by atoms with Crippen LogP contribution in [0.1, 0.15) is 36.3 Å². The molecule has 3 nitrogen and oxygen atoms in total. The van der Waals surface area contributed by atoms with Gasteiger partial charge >= 0.3 is 12.2 Å². The molecule has 2 amide bonds. The van der Waals surface area contributed by atoms with Crippen LogP contribution in [-0.4, -0.2) is 12.1 Å². The Bertz CT molecular complexity index is 777. The summed E-state index contributed by atoms with van der Waals surface area (Å²) in [5.41, 5.74) is 0.184. The van der Waals surface area contributed by atoms with Gasteiger partial charge in [-0.2, -0.15) is 13.2 Å². The Hall–Kier alpha value is -2.21. The lowest BCUT2D eigenvalue weighted by atomic mass is 9.90. The molecule has 2 atom stereocenters. The van der Waals surface area contributed by atoms with Crippen molar-refractivity contribution in [3.8, 4) is 0 Å². The maximum Gasteiger partial charge on any atom is 0.416 e. The third kappa shape index (κ3) is 4.30. The highest BCUT2D eigenvalue weighted by molar-refractivity contribution is 6.30. The van der Waals surface area contributed by atoms with Gasteiger partial charge in [-0.15, -0.1) is 0 Å². The standard InChI is InChI=1S/C19H18ClF3N2O/c20-12-8-10-13(11-9-12)24-18(26)25-17-7-3-5-15(17)14-4-1-2-6-16(14)19(21,22)23/h1-2,4,6,8-11,15,17H,3,5,7H2,(H2,24,25,26). The molecule has 2 aromatic rings. The molecule has 7 heteroatoms. The first kappa shape index (κ1) is 18.6. The summed E-state index contributed by atoms with van der Waals surface area (Å²) in [5, 5.41) is 6.05. The molecule has 26 heavy (non-hydrogen) atoms. The first-order valence-corrected chi connectivity index (χ1v) is 8.71. The Labute approximate surface area is 154 Å². The van der Waals surface area contributed by atoms with E-state index in [1.807, 2.05) is 0 Å². The highest BCUT2D eigenvalue weighted by atomic mass is 35.5. The van der Waals surface area contributed by atoms with E-state index in [4.69, 9.17) is 11.6 Å². The van der Waals surface area contributed by atoms with Crippen LogP contribution < -0.4 is 10.6 Å². The minimum atomic E-state index is -4.41. The van der Waals surface area contributed by atoms with Gasteiger partial charge in [0.05, 0.1) is 5.56 Å². The first-order valence-electron chi connectivity index (χ1n) is 8.34. The smallest absolute Gasteiger partial charge is 0.335 e. The zero-order valence-electron chi connectivity index (χ0n) is 13.8. The number of hydrogen-bond acceptors (Lipinski definition) is 1. The zero-order valence-corrected chi connectivity index (χ0v) is 14.6. The first-order chi connectivity index (χ1) is 12.3. The summed E-state index contributed by atoms with van der Waals surface area (Å²) in [7, 11) is 0. The van der Waals surface area contributed by atoms with Gasteiger partial charge in [0.25, 0.3) is 0 Å². The molecule has 0 aliphatic heterocycles. The van der Waals surface area contributed by atoms with Crippen molar-refractivity contribution in [2.45, 2.75) is 37.4 Å². The van der Waals surface area contributed by atoms with E-state index in [1.165, 1.54) is 12.1 Å². The van der Waals surface area contributed by atoms with Crippen LogP contribution in [-0.2, 0) is 6.18 Å². The number of benzene rings is 2. The van der Waals surface area contributed by atoms with Crippen LogP contribution in [0, 0.1) is 0 Å². The Kier molecular flexibility index (Phi) is 5.41. The van der Waals surface area contributed by atoms with E-state index < -0.39 is 17.8 Å². The molecular formula is C19H18ClF3N2O. The number of halogens is 4. The lowest BCUT2D eigenvalue weighted by molar-refractivity contribution is -0.138. The molecule has 1 saturated carbocycles. The number of anilines is 1. The summed E-state index contributed by atoms with van der Waals surface area (Å²) in [6.07, 6.45) is -2.39. The minimum absolute atomic E-state index is 0.245. The van der Waals surface area contributed by atoms with Gasteiger partial charge in [0.1, 0.15) is 0 Å². The molecule has 0 spiro atoms. The normalized spacial score (nSPS) is 20.0. The number of alkyl halides is 3. The zero-order chi connectivity index (χ0) is 18.7. The van der Waals surface area contributed by atoms with Gasteiger partial charge in [-0.05, 0) is 48.7 Å². The Morgan fingerprint density at radius 1 is 1.04 bits per heavy atom. The summed E-state index contributed by atoms with van der Waals surface area (Å²) >= 11 is 5.80. The van der Waals surface area contributed by atoms with E-state index in [-0.39, 0.29) is 17.5 Å². The average Bonchev–Trinajstić information content (AvgIpc) is 3.04. The molecule has 3 rings (SSSR count). The molecular weight excluding hydrogens is 365 g/mol. The van der Waals surface area contributed by atoms with E-state index in [1.54, 1.807) is 30.3 Å². The average molecular weight is 383 g/mol. The van der Waals surface area contributed by atoms with Crippen LogP contribution >= 0.6 is 11.6 Å². The van der Waals surface area contributed by atoms with Crippen molar-refractivity contribution in [1.29, 1.82) is 0 Å². The Balaban J connectivity index is 1.73. The molecule has 2 unspecified atom stereocenters. The largest absolute Gasteiger partial charge is 0.416 e. The van der Waals surface area contributed by atoms with Crippen molar-refractivity contribution in [3.05, 3.63) is 64.7 Å². The fraction of sp³-hybridized carbons (Fsp3) is 0.316. The van der Waals surface area contributed by atoms with Crippen LogP contribution in [0.2, 0.25) is 5.02 Å². The quantitative estimate of drug-likeness (QED) is 0.690. The molecule has 2 N–H and O–H groups in total. The summed E-state index contributed by atoms with van der Waals surface area (Å²) < 4.78 is 39.9. The van der Waals surface area contributed by atoms with E-state index in [9.17, 15) is 18.0 Å². The van der Waals surface area contributed by atoms with Crippen molar-refractivity contribution >= 4 is 23.3 Å². The third-order valence-corrected chi connectivity index (χ3v) is 4.85. The fourth-order valence-electron chi connectivity index (χ4n) is 3.45. The van der Waals surface area contributed by atoms with Gasteiger partial charge in [-0.3, -0.25) is 0 Å². The molecule has 2 aromatic carbocycles. The second-order valence-electron chi connectivity index (χ2n) is 6.33. The number of rotatable bonds is 3. The molecule has 0 radical (unpaired) electrons. The summed E-state index contributed by atoms with van der Waals surface area (Å²) in [5.74, 6) is -0.358. The topological polar surface area (TPSA) is 41.1 Å². The van der Waals surface area contributed by atoms with Crippen molar-refractivity contribution in [2.24, 2.45) is 0 Å². The summed E-state index contributed by atoms with van der Waals surface area (Å²) in [6.45, 7) is 0. The molecule has 1 fully saturated rings. The van der Waals surface area contributed by atoms with E-state index >= 15 is 0 Å². The minimum Gasteiger partial charge on any atom is -0.335 e. The van der Waals surface area contributed by atoms with E-state index in [0.717, 1.165) is 12.5 Å². The SMILES string of the molecule is O=C(Nc1ccc(Cl)cc1)NC1CCCC1c1ccccc1C(F)(F)F. The highest BCUT2D eigenvalue weighted by Gasteiger charge is 2.38. The number of carbonyl (C=O) groups is 1. The molecule has 138 valence electrons. The van der Waals surface area contributed by atoms with Crippen LogP contribution in [0.3, 0.4) is 0 Å². The molecule has 0 aromatic heterocycles. The summed E-state index contributed by atoms with van der Waals surface area (Å²) in [4.78, 5) is 12.2. The van der Waals surface area contributed by atoms with Gasteiger partial charge in [-0.25, -0.2) is 4.79 Å². The predicted molar refractivity (Wildman–Crippen MR) is 95.4 cm³/mol. The molecule has 1 aliphatic rings. The van der Waals surface area contributed by atoms with Gasteiger partial charge in [0, 0.05) is 22.7 Å². The number of carbonyl (C=O) groups excluding carboxylic acids is 1. The van der Waals surface area contributed by atoms with Crippen molar-refractivity contribution in [2.75, 3.05) is 5.32 Å². The lowest BCUT2D eigenvalue weighted by Crippen LogP contribution is -2.39. The lowest BCUT2D eigenvalue weighted by Gasteiger charge is -2.24. The van der Waals surface area contributed by atoms with E-state index in [2.05, 4.69) is 10.6 Å². The second-order valence-corrected chi connectivity index (χ2v) is 6.77.